The number of carbonyl (C=O) groups is 1. The molecule has 4 N–H and O–H groups in total. The number of hydrogen-bond acceptors (Lipinski definition) is 5. The number of anilines is 2. The van der Waals surface area contributed by atoms with E-state index >= 15 is 0 Å². The number of amides is 1. The maximum atomic E-state index is 12.6. The molecule has 8 heteroatoms. The predicted octanol–water partition coefficient (Wildman–Crippen LogP) is 2.44. The molecule has 1 aliphatic carbocycles. The van der Waals surface area contributed by atoms with Crippen molar-refractivity contribution in [2.24, 2.45) is 11.7 Å². The average Bonchev–Trinajstić information content (AvgIpc) is 3.08. The number of benzene rings is 1. The van der Waals surface area contributed by atoms with Gasteiger partial charge in [0.15, 0.2) is 0 Å². The average molecular weight is 423 g/mol. The summed E-state index contributed by atoms with van der Waals surface area (Å²) in [5.41, 5.74) is 7.89. The molecular weight excluding hydrogens is 388 g/mol. The Kier molecular flexibility index (Phi) is 6.55. The smallest absolute Gasteiger partial charge is 0.227 e. The molecule has 1 heterocycles. The highest BCUT2D eigenvalue weighted by Crippen LogP contribution is 2.28. The lowest BCUT2D eigenvalue weighted by atomic mass is 9.86. The van der Waals surface area contributed by atoms with Crippen molar-refractivity contribution >= 4 is 27.3 Å². The van der Waals surface area contributed by atoms with E-state index in [1.165, 1.54) is 0 Å². The van der Waals surface area contributed by atoms with Crippen LogP contribution in [0.3, 0.4) is 0 Å². The van der Waals surface area contributed by atoms with E-state index in [0.29, 0.717) is 25.7 Å². The van der Waals surface area contributed by atoms with Gasteiger partial charge in [0.1, 0.15) is 0 Å². The van der Waals surface area contributed by atoms with E-state index in [9.17, 15) is 13.2 Å². The zero-order chi connectivity index (χ0) is 21.2. The Morgan fingerprint density at radius 2 is 1.69 bits per heavy atom. The predicted molar refractivity (Wildman–Crippen MR) is 117 cm³/mol. The highest BCUT2D eigenvalue weighted by atomic mass is 32.2. The molecule has 0 aromatic heterocycles. The Balaban J connectivity index is 1.48. The molecular formula is C21H34N4O3S. The lowest BCUT2D eigenvalue weighted by Gasteiger charge is -2.30. The Hall–Kier alpha value is -1.64. The monoisotopic (exact) mass is 422 g/mol. The van der Waals surface area contributed by atoms with Gasteiger partial charge in [0.05, 0.1) is 4.75 Å². The van der Waals surface area contributed by atoms with Crippen LogP contribution in [0, 0.1) is 5.92 Å². The molecule has 29 heavy (non-hydrogen) atoms. The van der Waals surface area contributed by atoms with E-state index in [0.717, 1.165) is 30.9 Å². The zero-order valence-corrected chi connectivity index (χ0v) is 18.5. The molecule has 0 radical (unpaired) electrons. The Labute approximate surface area is 174 Å². The summed E-state index contributed by atoms with van der Waals surface area (Å²) in [5.74, 6) is -0.0697. The van der Waals surface area contributed by atoms with Gasteiger partial charge in [0.25, 0.3) is 0 Å². The van der Waals surface area contributed by atoms with Crippen molar-refractivity contribution in [2.45, 2.75) is 69.7 Å². The molecule has 1 atom stereocenters. The van der Waals surface area contributed by atoms with Crippen LogP contribution in [-0.2, 0) is 14.8 Å². The Morgan fingerprint density at radius 1 is 1.07 bits per heavy atom. The van der Waals surface area contributed by atoms with Crippen molar-refractivity contribution in [1.29, 1.82) is 0 Å². The van der Waals surface area contributed by atoms with Gasteiger partial charge in [-0.1, -0.05) is 0 Å². The standard InChI is InChI=1S/C21H34N4O3S/c1-21(2,3)29(27,28)24-18-6-4-15(5-7-18)20(26)23-17-8-10-19(11-9-17)25-13-12-16(22)14-25/h8-11,15-16,18,24H,4-7,12-14,22H2,1-3H3,(H,23,26). The summed E-state index contributed by atoms with van der Waals surface area (Å²) in [4.78, 5) is 14.9. The van der Waals surface area contributed by atoms with Crippen molar-refractivity contribution in [3.8, 4) is 0 Å². The van der Waals surface area contributed by atoms with Gasteiger partial charge < -0.3 is 16.0 Å². The third-order valence-electron chi connectivity index (χ3n) is 5.95. The fourth-order valence-corrected chi connectivity index (χ4v) is 4.92. The van der Waals surface area contributed by atoms with Crippen molar-refractivity contribution in [2.75, 3.05) is 23.3 Å². The lowest BCUT2D eigenvalue weighted by Crippen LogP contribution is -2.46. The Bertz CT molecular complexity index is 809. The number of hydrogen-bond donors (Lipinski definition) is 3. The van der Waals surface area contributed by atoms with Crippen LogP contribution in [0.5, 0.6) is 0 Å². The maximum Gasteiger partial charge on any atom is 0.227 e. The Morgan fingerprint density at radius 3 is 2.21 bits per heavy atom. The molecule has 1 saturated carbocycles. The molecule has 1 saturated heterocycles. The molecule has 0 spiro atoms. The molecule has 1 aliphatic heterocycles. The fraction of sp³-hybridized carbons (Fsp3) is 0.667. The normalized spacial score (nSPS) is 25.8. The van der Waals surface area contributed by atoms with Gasteiger partial charge in [0, 0.05) is 42.5 Å². The highest BCUT2D eigenvalue weighted by Gasteiger charge is 2.34. The van der Waals surface area contributed by atoms with E-state index in [4.69, 9.17) is 5.73 Å². The van der Waals surface area contributed by atoms with Gasteiger partial charge in [-0.25, -0.2) is 13.1 Å². The first kappa shape index (κ1) is 22.1. The van der Waals surface area contributed by atoms with E-state index in [-0.39, 0.29) is 23.9 Å². The minimum absolute atomic E-state index is 0.0121. The summed E-state index contributed by atoms with van der Waals surface area (Å²) in [5, 5.41) is 3.00. The van der Waals surface area contributed by atoms with Crippen LogP contribution in [0.1, 0.15) is 52.9 Å². The lowest BCUT2D eigenvalue weighted by molar-refractivity contribution is -0.120. The maximum absolute atomic E-state index is 12.6. The first-order chi connectivity index (χ1) is 13.5. The largest absolute Gasteiger partial charge is 0.370 e. The number of carbonyl (C=O) groups excluding carboxylic acids is 1. The van der Waals surface area contributed by atoms with Crippen LogP contribution in [0.2, 0.25) is 0 Å². The number of nitrogens with one attached hydrogen (secondary N) is 2. The minimum atomic E-state index is -3.36. The molecule has 1 amide bonds. The molecule has 1 aromatic carbocycles. The van der Waals surface area contributed by atoms with Crippen LogP contribution in [0.25, 0.3) is 0 Å². The molecule has 3 rings (SSSR count). The van der Waals surface area contributed by atoms with Crippen LogP contribution in [0.15, 0.2) is 24.3 Å². The van der Waals surface area contributed by atoms with Crippen LogP contribution >= 0.6 is 0 Å². The molecule has 2 aliphatic rings. The second kappa shape index (κ2) is 8.62. The van der Waals surface area contributed by atoms with Crippen molar-refractivity contribution in [3.05, 3.63) is 24.3 Å². The van der Waals surface area contributed by atoms with Crippen LogP contribution in [0.4, 0.5) is 11.4 Å². The van der Waals surface area contributed by atoms with Crippen LogP contribution < -0.4 is 20.7 Å². The van der Waals surface area contributed by atoms with Gasteiger partial charge >= 0.3 is 0 Å². The first-order valence-corrected chi connectivity index (χ1v) is 12.0. The van der Waals surface area contributed by atoms with Gasteiger partial charge in [-0.15, -0.1) is 0 Å². The third-order valence-corrected chi connectivity index (χ3v) is 8.21. The fourth-order valence-electron chi connectivity index (χ4n) is 3.89. The molecule has 2 fully saturated rings. The zero-order valence-electron chi connectivity index (χ0n) is 17.6. The van der Waals surface area contributed by atoms with E-state index < -0.39 is 14.8 Å². The second-order valence-electron chi connectivity index (χ2n) is 9.31. The SMILES string of the molecule is CC(C)(C)S(=O)(=O)NC1CCC(C(=O)Nc2ccc(N3CCC(N)C3)cc2)CC1. The summed E-state index contributed by atoms with van der Waals surface area (Å²) in [7, 11) is -3.36. The van der Waals surface area contributed by atoms with Crippen molar-refractivity contribution in [3.63, 3.8) is 0 Å². The molecule has 1 unspecified atom stereocenters. The second-order valence-corrected chi connectivity index (χ2v) is 11.8. The quantitative estimate of drug-likeness (QED) is 0.676. The van der Waals surface area contributed by atoms with E-state index in [1.807, 2.05) is 24.3 Å². The first-order valence-electron chi connectivity index (χ1n) is 10.5. The summed E-state index contributed by atoms with van der Waals surface area (Å²) in [6, 6.07) is 8.05. The minimum Gasteiger partial charge on any atom is -0.370 e. The number of sulfonamides is 1. The summed E-state index contributed by atoms with van der Waals surface area (Å²) in [6.45, 7) is 6.91. The van der Waals surface area contributed by atoms with Crippen molar-refractivity contribution in [1.82, 2.24) is 4.72 Å². The van der Waals surface area contributed by atoms with Gasteiger partial charge in [-0.3, -0.25) is 4.79 Å². The summed E-state index contributed by atoms with van der Waals surface area (Å²) < 4.78 is 26.6. The van der Waals surface area contributed by atoms with Crippen LogP contribution in [-0.4, -0.2) is 44.2 Å². The van der Waals surface area contributed by atoms with Gasteiger partial charge in [-0.05, 0) is 77.1 Å². The molecule has 7 nitrogen and oxygen atoms in total. The molecule has 0 bridgehead atoms. The molecule has 162 valence electrons. The number of rotatable bonds is 5. The van der Waals surface area contributed by atoms with Gasteiger partial charge in [-0.2, -0.15) is 0 Å². The topological polar surface area (TPSA) is 105 Å². The van der Waals surface area contributed by atoms with E-state index in [1.54, 1.807) is 20.8 Å². The van der Waals surface area contributed by atoms with E-state index in [2.05, 4.69) is 14.9 Å². The number of nitrogens with zero attached hydrogens (tertiary/aromatic N) is 1. The third kappa shape index (κ3) is 5.49. The van der Waals surface area contributed by atoms with Gasteiger partial charge in [0.2, 0.25) is 15.9 Å². The summed E-state index contributed by atoms with van der Waals surface area (Å²) >= 11 is 0. The highest BCUT2D eigenvalue weighted by molar-refractivity contribution is 7.90. The number of nitrogens with two attached hydrogens (primary N) is 1. The summed E-state index contributed by atoms with van der Waals surface area (Å²) in [6.07, 6.45) is 3.75. The van der Waals surface area contributed by atoms with Crippen molar-refractivity contribution < 1.29 is 13.2 Å². The molecule has 1 aromatic rings.